The van der Waals surface area contributed by atoms with Crippen molar-refractivity contribution < 1.29 is 9.53 Å². The molecule has 0 spiro atoms. The first-order chi connectivity index (χ1) is 8.70. The van der Waals surface area contributed by atoms with Gasteiger partial charge in [0.2, 0.25) is 0 Å². The van der Waals surface area contributed by atoms with Gasteiger partial charge in [-0.3, -0.25) is 4.68 Å². The van der Waals surface area contributed by atoms with Crippen LogP contribution in [0.15, 0.2) is 6.20 Å². The highest BCUT2D eigenvalue weighted by atomic mass is 16.5. The molecule has 1 fully saturated rings. The number of ether oxygens (including phenoxy) is 1. The Hall–Kier alpha value is -1.56. The van der Waals surface area contributed by atoms with Gasteiger partial charge in [0.15, 0.2) is 0 Å². The van der Waals surface area contributed by atoms with Crippen molar-refractivity contribution in [3.8, 4) is 0 Å². The van der Waals surface area contributed by atoms with E-state index in [1.54, 1.807) is 9.58 Å². The third-order valence-electron chi connectivity index (χ3n) is 3.06. The monoisotopic (exact) mass is 252 g/mol. The van der Waals surface area contributed by atoms with Crippen molar-refractivity contribution in [2.45, 2.75) is 19.9 Å². The van der Waals surface area contributed by atoms with Crippen molar-refractivity contribution in [1.29, 1.82) is 0 Å². The summed E-state index contributed by atoms with van der Waals surface area (Å²) in [6.45, 7) is 5.18. The molecule has 1 saturated heterocycles. The molecule has 2 rings (SSSR count). The van der Waals surface area contributed by atoms with E-state index < -0.39 is 0 Å². The zero-order chi connectivity index (χ0) is 13.0. The summed E-state index contributed by atoms with van der Waals surface area (Å²) in [7, 11) is 1.90. The van der Waals surface area contributed by atoms with Crippen LogP contribution in [0.2, 0.25) is 0 Å². The number of rotatable bonds is 3. The third kappa shape index (κ3) is 3.01. The summed E-state index contributed by atoms with van der Waals surface area (Å²) in [5.74, 6) is 0. The average Bonchev–Trinajstić information content (AvgIpc) is 2.77. The fourth-order valence-corrected chi connectivity index (χ4v) is 2.08. The van der Waals surface area contributed by atoms with Gasteiger partial charge in [0.1, 0.15) is 0 Å². The summed E-state index contributed by atoms with van der Waals surface area (Å²) in [4.78, 5) is 13.7. The van der Waals surface area contributed by atoms with Gasteiger partial charge < -0.3 is 15.0 Å². The molecule has 1 aliphatic rings. The topological polar surface area (TPSA) is 59.4 Å². The Labute approximate surface area is 107 Å². The fraction of sp³-hybridized carbons (Fsp3) is 0.667. The Balaban J connectivity index is 1.88. The molecular weight excluding hydrogens is 232 g/mol. The zero-order valence-electron chi connectivity index (χ0n) is 11.0. The number of aromatic nitrogens is 2. The van der Waals surface area contributed by atoms with E-state index in [-0.39, 0.29) is 6.03 Å². The molecule has 0 radical (unpaired) electrons. The summed E-state index contributed by atoms with van der Waals surface area (Å²) in [5, 5.41) is 7.29. The minimum absolute atomic E-state index is 0.0239. The van der Waals surface area contributed by atoms with Crippen LogP contribution in [0.5, 0.6) is 0 Å². The molecule has 6 heteroatoms. The lowest BCUT2D eigenvalue weighted by atomic mass is 10.2. The molecule has 0 atom stereocenters. The highest BCUT2D eigenvalue weighted by Gasteiger charge is 2.16. The van der Waals surface area contributed by atoms with E-state index in [1.807, 2.05) is 13.2 Å². The fourth-order valence-electron chi connectivity index (χ4n) is 2.08. The molecular formula is C12H20N4O2. The molecule has 2 heterocycles. The standard InChI is InChI=1S/C12H20N4O2/c1-3-11-10(9-15(2)14-11)8-13-12(17)16-4-6-18-7-5-16/h9H,3-8H2,1-2H3,(H,13,17). The summed E-state index contributed by atoms with van der Waals surface area (Å²) in [5.41, 5.74) is 2.13. The second-order valence-corrected chi connectivity index (χ2v) is 4.39. The predicted molar refractivity (Wildman–Crippen MR) is 67.2 cm³/mol. The number of amides is 2. The van der Waals surface area contributed by atoms with Crippen LogP contribution < -0.4 is 5.32 Å². The molecule has 0 unspecified atom stereocenters. The molecule has 6 nitrogen and oxygen atoms in total. The number of nitrogens with zero attached hydrogens (tertiary/aromatic N) is 3. The molecule has 1 aliphatic heterocycles. The number of nitrogens with one attached hydrogen (secondary N) is 1. The SMILES string of the molecule is CCc1nn(C)cc1CNC(=O)N1CCOCC1. The van der Waals surface area contributed by atoms with Crippen molar-refractivity contribution in [2.75, 3.05) is 26.3 Å². The number of morpholine rings is 1. The number of carbonyl (C=O) groups is 1. The van der Waals surface area contributed by atoms with Crippen LogP contribution in [0.3, 0.4) is 0 Å². The van der Waals surface area contributed by atoms with Gasteiger partial charge in [-0.2, -0.15) is 5.10 Å². The van der Waals surface area contributed by atoms with Crippen molar-refractivity contribution >= 4 is 6.03 Å². The highest BCUT2D eigenvalue weighted by molar-refractivity contribution is 5.74. The van der Waals surface area contributed by atoms with E-state index >= 15 is 0 Å². The minimum atomic E-state index is -0.0239. The van der Waals surface area contributed by atoms with Gasteiger partial charge in [-0.15, -0.1) is 0 Å². The molecule has 18 heavy (non-hydrogen) atoms. The van der Waals surface area contributed by atoms with Gasteiger partial charge in [0, 0.05) is 38.4 Å². The maximum absolute atomic E-state index is 11.9. The second-order valence-electron chi connectivity index (χ2n) is 4.39. The van der Waals surface area contributed by atoms with E-state index in [2.05, 4.69) is 17.3 Å². The Morgan fingerprint density at radius 3 is 2.89 bits per heavy atom. The van der Waals surface area contributed by atoms with E-state index in [9.17, 15) is 4.79 Å². The van der Waals surface area contributed by atoms with Gasteiger partial charge >= 0.3 is 6.03 Å². The summed E-state index contributed by atoms with van der Waals surface area (Å²) < 4.78 is 7.00. The van der Waals surface area contributed by atoms with E-state index in [4.69, 9.17) is 4.74 Å². The number of hydrogen-bond donors (Lipinski definition) is 1. The average molecular weight is 252 g/mol. The smallest absolute Gasteiger partial charge is 0.317 e. The third-order valence-corrected chi connectivity index (χ3v) is 3.06. The molecule has 0 aliphatic carbocycles. The molecule has 0 saturated carbocycles. The van der Waals surface area contributed by atoms with Crippen LogP contribution in [0, 0.1) is 0 Å². The van der Waals surface area contributed by atoms with Crippen LogP contribution in [0.1, 0.15) is 18.2 Å². The number of hydrogen-bond acceptors (Lipinski definition) is 3. The Bertz CT molecular complexity index is 410. The number of aryl methyl sites for hydroxylation is 2. The van der Waals surface area contributed by atoms with Crippen LogP contribution in [-0.4, -0.2) is 47.0 Å². The first kappa shape index (κ1) is 12.9. The highest BCUT2D eigenvalue weighted by Crippen LogP contribution is 2.07. The Kier molecular flexibility index (Phi) is 4.19. The van der Waals surface area contributed by atoms with Crippen molar-refractivity contribution in [3.63, 3.8) is 0 Å². The lowest BCUT2D eigenvalue weighted by Crippen LogP contribution is -2.45. The quantitative estimate of drug-likeness (QED) is 0.853. The lowest BCUT2D eigenvalue weighted by Gasteiger charge is -2.26. The molecule has 2 amide bonds. The second kappa shape index (κ2) is 5.86. The summed E-state index contributed by atoms with van der Waals surface area (Å²) >= 11 is 0. The lowest BCUT2D eigenvalue weighted by molar-refractivity contribution is 0.0531. The number of carbonyl (C=O) groups excluding carboxylic acids is 1. The zero-order valence-corrected chi connectivity index (χ0v) is 11.0. The van der Waals surface area contributed by atoms with Crippen LogP contribution in [-0.2, 0) is 24.8 Å². The maximum Gasteiger partial charge on any atom is 0.317 e. The van der Waals surface area contributed by atoms with Gasteiger partial charge in [-0.05, 0) is 6.42 Å². The van der Waals surface area contributed by atoms with Crippen molar-refractivity contribution in [2.24, 2.45) is 7.05 Å². The van der Waals surface area contributed by atoms with Crippen molar-refractivity contribution in [1.82, 2.24) is 20.0 Å². The largest absolute Gasteiger partial charge is 0.378 e. The van der Waals surface area contributed by atoms with E-state index in [0.717, 1.165) is 17.7 Å². The van der Waals surface area contributed by atoms with E-state index in [0.29, 0.717) is 32.8 Å². The van der Waals surface area contributed by atoms with Gasteiger partial charge in [0.05, 0.1) is 18.9 Å². The van der Waals surface area contributed by atoms with Gasteiger partial charge in [0.25, 0.3) is 0 Å². The van der Waals surface area contributed by atoms with E-state index in [1.165, 1.54) is 0 Å². The molecule has 0 aromatic carbocycles. The predicted octanol–water partition coefficient (Wildman–Crippen LogP) is 0.524. The molecule has 1 aromatic rings. The van der Waals surface area contributed by atoms with Crippen LogP contribution >= 0.6 is 0 Å². The number of urea groups is 1. The molecule has 100 valence electrons. The Morgan fingerprint density at radius 2 is 2.22 bits per heavy atom. The molecule has 1 N–H and O–H groups in total. The first-order valence-corrected chi connectivity index (χ1v) is 6.32. The summed E-state index contributed by atoms with van der Waals surface area (Å²) in [6.07, 6.45) is 2.84. The van der Waals surface area contributed by atoms with Gasteiger partial charge in [-0.1, -0.05) is 6.92 Å². The molecule has 1 aromatic heterocycles. The molecule has 0 bridgehead atoms. The first-order valence-electron chi connectivity index (χ1n) is 6.32. The maximum atomic E-state index is 11.9. The summed E-state index contributed by atoms with van der Waals surface area (Å²) in [6, 6.07) is -0.0239. The van der Waals surface area contributed by atoms with Gasteiger partial charge in [-0.25, -0.2) is 4.79 Å². The van der Waals surface area contributed by atoms with Crippen LogP contribution in [0.25, 0.3) is 0 Å². The van der Waals surface area contributed by atoms with Crippen LogP contribution in [0.4, 0.5) is 4.79 Å². The Morgan fingerprint density at radius 1 is 1.50 bits per heavy atom. The normalized spacial score (nSPS) is 15.8. The van der Waals surface area contributed by atoms with Crippen molar-refractivity contribution in [3.05, 3.63) is 17.5 Å². The minimum Gasteiger partial charge on any atom is -0.378 e.